The first-order valence-electron chi connectivity index (χ1n) is 5.90. The van der Waals surface area contributed by atoms with E-state index in [1.165, 1.54) is 0 Å². The lowest BCUT2D eigenvalue weighted by atomic mass is 10.2. The van der Waals surface area contributed by atoms with Gasteiger partial charge in [0.1, 0.15) is 0 Å². The summed E-state index contributed by atoms with van der Waals surface area (Å²) < 4.78 is 10.7. The zero-order valence-corrected chi connectivity index (χ0v) is 10.9. The van der Waals surface area contributed by atoms with Gasteiger partial charge >= 0.3 is 0 Å². The van der Waals surface area contributed by atoms with Gasteiger partial charge in [0, 0.05) is 31.8 Å². The largest absolute Gasteiger partial charge is 0.493 e. The molecule has 0 aliphatic carbocycles. The van der Waals surface area contributed by atoms with E-state index in [0.717, 1.165) is 35.8 Å². The Bertz CT molecular complexity index is 407. The molecular weight excluding hydrogens is 216 g/mol. The third-order valence-electron chi connectivity index (χ3n) is 3.42. The smallest absolute Gasteiger partial charge is 0.162 e. The first-order valence-corrected chi connectivity index (χ1v) is 5.90. The predicted octanol–water partition coefficient (Wildman–Crippen LogP) is 2.34. The summed E-state index contributed by atoms with van der Waals surface area (Å²) in [5, 5.41) is 3.43. The number of ether oxygens (including phenoxy) is 2. The average Bonchev–Trinajstić information content (AvgIpc) is 2.48. The van der Waals surface area contributed by atoms with Gasteiger partial charge in [-0.25, -0.2) is 0 Å². The highest BCUT2D eigenvalue weighted by molar-refractivity contribution is 5.76. The van der Waals surface area contributed by atoms with Gasteiger partial charge in [0.2, 0.25) is 0 Å². The SMILES string of the molecule is COc1cc2c(cc1OC)N(C)C(C)CCN2. The Labute approximate surface area is 103 Å². The van der Waals surface area contributed by atoms with E-state index in [0.29, 0.717) is 6.04 Å². The second-order valence-corrected chi connectivity index (χ2v) is 4.40. The Morgan fingerprint density at radius 3 is 2.53 bits per heavy atom. The van der Waals surface area contributed by atoms with E-state index in [4.69, 9.17) is 9.47 Å². The molecule has 94 valence electrons. The number of anilines is 2. The number of fused-ring (bicyclic) bond motifs is 1. The van der Waals surface area contributed by atoms with E-state index in [9.17, 15) is 0 Å². The van der Waals surface area contributed by atoms with Crippen LogP contribution in [-0.4, -0.2) is 33.9 Å². The van der Waals surface area contributed by atoms with Gasteiger partial charge in [0.15, 0.2) is 11.5 Å². The lowest BCUT2D eigenvalue weighted by Crippen LogP contribution is -2.28. The fourth-order valence-electron chi connectivity index (χ4n) is 2.15. The van der Waals surface area contributed by atoms with Crippen LogP contribution in [0.4, 0.5) is 11.4 Å². The molecule has 0 saturated carbocycles. The minimum atomic E-state index is 0.516. The molecule has 1 heterocycles. The minimum absolute atomic E-state index is 0.516. The molecule has 1 unspecified atom stereocenters. The minimum Gasteiger partial charge on any atom is -0.493 e. The zero-order valence-electron chi connectivity index (χ0n) is 10.9. The molecule has 0 radical (unpaired) electrons. The summed E-state index contributed by atoms with van der Waals surface area (Å²) in [5.41, 5.74) is 2.27. The molecule has 1 aliphatic heterocycles. The molecule has 0 fully saturated rings. The number of hydrogen-bond donors (Lipinski definition) is 1. The summed E-state index contributed by atoms with van der Waals surface area (Å²) in [6.45, 7) is 3.21. The van der Waals surface area contributed by atoms with Gasteiger partial charge in [-0.2, -0.15) is 0 Å². The van der Waals surface area contributed by atoms with Crippen LogP contribution in [0.25, 0.3) is 0 Å². The van der Waals surface area contributed by atoms with Gasteiger partial charge in [-0.05, 0) is 13.3 Å². The standard InChI is InChI=1S/C13H20N2O2/c1-9-5-6-14-10-7-12(16-3)13(17-4)8-11(10)15(9)2/h7-9,14H,5-6H2,1-4H3. The third-order valence-corrected chi connectivity index (χ3v) is 3.42. The van der Waals surface area contributed by atoms with Crippen molar-refractivity contribution in [1.82, 2.24) is 0 Å². The van der Waals surface area contributed by atoms with E-state index < -0.39 is 0 Å². The van der Waals surface area contributed by atoms with Crippen LogP contribution in [0.1, 0.15) is 13.3 Å². The maximum absolute atomic E-state index is 5.35. The number of methoxy groups -OCH3 is 2. The predicted molar refractivity (Wildman–Crippen MR) is 70.5 cm³/mol. The summed E-state index contributed by atoms with van der Waals surface area (Å²) in [4.78, 5) is 2.28. The van der Waals surface area contributed by atoms with E-state index in [-0.39, 0.29) is 0 Å². The number of hydrogen-bond acceptors (Lipinski definition) is 4. The summed E-state index contributed by atoms with van der Waals surface area (Å²) >= 11 is 0. The van der Waals surface area contributed by atoms with Crippen LogP contribution in [0.15, 0.2) is 12.1 Å². The van der Waals surface area contributed by atoms with Gasteiger partial charge in [-0.1, -0.05) is 0 Å². The lowest BCUT2D eigenvalue weighted by molar-refractivity contribution is 0.355. The fourth-order valence-corrected chi connectivity index (χ4v) is 2.15. The second kappa shape index (κ2) is 4.73. The Morgan fingerprint density at radius 2 is 1.88 bits per heavy atom. The molecule has 0 bridgehead atoms. The van der Waals surface area contributed by atoms with Gasteiger partial charge in [-0.3, -0.25) is 0 Å². The summed E-state index contributed by atoms with van der Waals surface area (Å²) in [6, 6.07) is 4.55. The highest BCUT2D eigenvalue weighted by Gasteiger charge is 2.20. The van der Waals surface area contributed by atoms with Gasteiger partial charge in [-0.15, -0.1) is 0 Å². The third kappa shape index (κ3) is 2.12. The molecule has 4 heteroatoms. The molecule has 1 aromatic carbocycles. The molecule has 4 nitrogen and oxygen atoms in total. The number of benzene rings is 1. The number of nitrogens with one attached hydrogen (secondary N) is 1. The van der Waals surface area contributed by atoms with Crippen molar-refractivity contribution >= 4 is 11.4 Å². The summed E-state index contributed by atoms with van der Waals surface area (Å²) in [5.74, 6) is 1.54. The maximum Gasteiger partial charge on any atom is 0.162 e. The molecule has 1 aromatic rings. The topological polar surface area (TPSA) is 33.7 Å². The van der Waals surface area contributed by atoms with Crippen molar-refractivity contribution in [3.63, 3.8) is 0 Å². The van der Waals surface area contributed by atoms with Crippen molar-refractivity contribution in [2.75, 3.05) is 38.0 Å². The van der Waals surface area contributed by atoms with Crippen LogP contribution in [-0.2, 0) is 0 Å². The molecule has 1 N–H and O–H groups in total. The number of rotatable bonds is 2. The normalized spacial score (nSPS) is 19.1. The van der Waals surface area contributed by atoms with Crippen LogP contribution < -0.4 is 19.7 Å². The Hall–Kier alpha value is -1.58. The lowest BCUT2D eigenvalue weighted by Gasteiger charge is -2.26. The van der Waals surface area contributed by atoms with Crippen LogP contribution in [0.3, 0.4) is 0 Å². The van der Waals surface area contributed by atoms with Gasteiger partial charge in [0.05, 0.1) is 25.6 Å². The van der Waals surface area contributed by atoms with E-state index in [1.54, 1.807) is 14.2 Å². The number of nitrogens with zero attached hydrogens (tertiary/aromatic N) is 1. The Kier molecular flexibility index (Phi) is 3.31. The molecule has 1 atom stereocenters. The average molecular weight is 236 g/mol. The Balaban J connectivity index is 2.49. The molecule has 2 rings (SSSR count). The van der Waals surface area contributed by atoms with Crippen molar-refractivity contribution in [3.05, 3.63) is 12.1 Å². The first-order chi connectivity index (χ1) is 8.17. The first kappa shape index (κ1) is 11.9. The van der Waals surface area contributed by atoms with Crippen LogP contribution >= 0.6 is 0 Å². The Morgan fingerprint density at radius 1 is 1.24 bits per heavy atom. The second-order valence-electron chi connectivity index (χ2n) is 4.40. The van der Waals surface area contributed by atoms with Crippen molar-refractivity contribution in [3.8, 4) is 11.5 Å². The zero-order chi connectivity index (χ0) is 12.4. The van der Waals surface area contributed by atoms with Gasteiger partial charge < -0.3 is 19.7 Å². The van der Waals surface area contributed by atoms with Crippen molar-refractivity contribution in [2.24, 2.45) is 0 Å². The summed E-state index contributed by atoms with van der Waals surface area (Å²) in [6.07, 6.45) is 1.12. The van der Waals surface area contributed by atoms with E-state index in [2.05, 4.69) is 24.2 Å². The molecule has 0 amide bonds. The van der Waals surface area contributed by atoms with Crippen molar-refractivity contribution < 1.29 is 9.47 Å². The van der Waals surface area contributed by atoms with E-state index in [1.807, 2.05) is 12.1 Å². The highest BCUT2D eigenvalue weighted by atomic mass is 16.5. The van der Waals surface area contributed by atoms with Gasteiger partial charge in [0.25, 0.3) is 0 Å². The summed E-state index contributed by atoms with van der Waals surface area (Å²) in [7, 11) is 5.44. The highest BCUT2D eigenvalue weighted by Crippen LogP contribution is 2.39. The van der Waals surface area contributed by atoms with Crippen molar-refractivity contribution in [2.45, 2.75) is 19.4 Å². The molecule has 0 aromatic heterocycles. The maximum atomic E-state index is 5.35. The molecule has 0 spiro atoms. The van der Waals surface area contributed by atoms with E-state index >= 15 is 0 Å². The quantitative estimate of drug-likeness (QED) is 0.854. The van der Waals surface area contributed by atoms with Crippen LogP contribution in [0, 0.1) is 0 Å². The molecular formula is C13H20N2O2. The molecule has 1 aliphatic rings. The fraction of sp³-hybridized carbons (Fsp3) is 0.538. The van der Waals surface area contributed by atoms with Crippen LogP contribution in [0.2, 0.25) is 0 Å². The van der Waals surface area contributed by atoms with Crippen LogP contribution in [0.5, 0.6) is 11.5 Å². The van der Waals surface area contributed by atoms with Crippen molar-refractivity contribution in [1.29, 1.82) is 0 Å². The molecule has 0 saturated heterocycles. The monoisotopic (exact) mass is 236 g/mol. The molecule has 17 heavy (non-hydrogen) atoms.